The molecule has 3 N–H and O–H groups in total. The first-order chi connectivity index (χ1) is 13.8. The van der Waals surface area contributed by atoms with Gasteiger partial charge < -0.3 is 25.2 Å². The molecule has 1 heterocycles. The first-order valence-corrected chi connectivity index (χ1v) is 10.9. The molecule has 1 unspecified atom stereocenters. The van der Waals surface area contributed by atoms with Gasteiger partial charge in [0.2, 0.25) is 0 Å². The van der Waals surface area contributed by atoms with E-state index in [0.29, 0.717) is 51.0 Å². The SMILES string of the molecule is CCNC(=NCc1ccc(C)cc1OC(C)CC(C)C)NCC1(O)CCOCC1.I. The van der Waals surface area contributed by atoms with E-state index in [1.54, 1.807) is 0 Å². The summed E-state index contributed by atoms with van der Waals surface area (Å²) in [6.45, 7) is 13.6. The van der Waals surface area contributed by atoms with Gasteiger partial charge in [-0.2, -0.15) is 0 Å². The second kappa shape index (κ2) is 13.4. The Morgan fingerprint density at radius 1 is 1.23 bits per heavy atom. The highest BCUT2D eigenvalue weighted by molar-refractivity contribution is 14.0. The lowest BCUT2D eigenvalue weighted by Crippen LogP contribution is -2.49. The number of guanidine groups is 1. The monoisotopic (exact) mass is 533 g/mol. The Kier molecular flexibility index (Phi) is 12.0. The van der Waals surface area contributed by atoms with Crippen molar-refractivity contribution in [3.8, 4) is 5.75 Å². The van der Waals surface area contributed by atoms with Crippen LogP contribution in [-0.4, -0.2) is 49.1 Å². The van der Waals surface area contributed by atoms with Crippen LogP contribution in [0.3, 0.4) is 0 Å². The van der Waals surface area contributed by atoms with Gasteiger partial charge in [-0.25, -0.2) is 4.99 Å². The fourth-order valence-corrected chi connectivity index (χ4v) is 3.51. The van der Waals surface area contributed by atoms with Crippen molar-refractivity contribution in [2.75, 3.05) is 26.3 Å². The van der Waals surface area contributed by atoms with E-state index in [2.05, 4.69) is 56.5 Å². The fraction of sp³-hybridized carbons (Fsp3) is 0.696. The Morgan fingerprint density at radius 2 is 1.93 bits per heavy atom. The van der Waals surface area contributed by atoms with Crippen molar-refractivity contribution in [2.24, 2.45) is 10.9 Å². The van der Waals surface area contributed by atoms with Gasteiger partial charge in [-0.05, 0) is 44.7 Å². The summed E-state index contributed by atoms with van der Waals surface area (Å²) in [5.74, 6) is 2.20. The molecule has 0 radical (unpaired) electrons. The molecule has 1 fully saturated rings. The van der Waals surface area contributed by atoms with E-state index < -0.39 is 5.60 Å². The summed E-state index contributed by atoms with van der Waals surface area (Å²) in [5.41, 5.74) is 1.50. The van der Waals surface area contributed by atoms with Crippen molar-refractivity contribution in [3.05, 3.63) is 29.3 Å². The number of hydrogen-bond acceptors (Lipinski definition) is 4. The number of ether oxygens (including phenoxy) is 2. The number of benzene rings is 1. The highest BCUT2D eigenvalue weighted by Gasteiger charge is 2.29. The van der Waals surface area contributed by atoms with Gasteiger partial charge >= 0.3 is 0 Å². The smallest absolute Gasteiger partial charge is 0.191 e. The molecule has 1 saturated heterocycles. The lowest BCUT2D eigenvalue weighted by molar-refractivity contribution is -0.0594. The number of aryl methyl sites for hydroxylation is 1. The lowest BCUT2D eigenvalue weighted by atomic mass is 9.94. The molecule has 2 rings (SSSR count). The summed E-state index contributed by atoms with van der Waals surface area (Å²) in [5, 5.41) is 17.2. The number of aliphatic hydroxyl groups is 1. The average Bonchev–Trinajstić information content (AvgIpc) is 2.65. The molecule has 6 nitrogen and oxygen atoms in total. The van der Waals surface area contributed by atoms with Crippen molar-refractivity contribution in [2.45, 2.75) is 72.1 Å². The Balaban J connectivity index is 0.00000450. The van der Waals surface area contributed by atoms with Crippen LogP contribution in [0.2, 0.25) is 0 Å². The van der Waals surface area contributed by atoms with Gasteiger partial charge in [0, 0.05) is 44.7 Å². The molecule has 172 valence electrons. The predicted octanol–water partition coefficient (Wildman–Crippen LogP) is 4.02. The van der Waals surface area contributed by atoms with E-state index in [1.807, 2.05) is 6.92 Å². The molecule has 1 aliphatic heterocycles. The van der Waals surface area contributed by atoms with Crippen LogP contribution in [0.1, 0.15) is 58.1 Å². The molecule has 1 aromatic carbocycles. The van der Waals surface area contributed by atoms with Gasteiger partial charge in [0.1, 0.15) is 5.75 Å². The Bertz CT molecular complexity index is 661. The predicted molar refractivity (Wildman–Crippen MR) is 134 cm³/mol. The molecule has 1 aliphatic rings. The van der Waals surface area contributed by atoms with Crippen LogP contribution in [0.15, 0.2) is 23.2 Å². The van der Waals surface area contributed by atoms with Gasteiger partial charge in [-0.15, -0.1) is 24.0 Å². The Labute approximate surface area is 199 Å². The van der Waals surface area contributed by atoms with E-state index in [9.17, 15) is 5.11 Å². The number of nitrogens with zero attached hydrogens (tertiary/aromatic N) is 1. The van der Waals surface area contributed by atoms with Gasteiger partial charge in [0.25, 0.3) is 0 Å². The lowest BCUT2D eigenvalue weighted by Gasteiger charge is -2.32. The molecule has 0 aromatic heterocycles. The first-order valence-electron chi connectivity index (χ1n) is 10.9. The molecule has 30 heavy (non-hydrogen) atoms. The summed E-state index contributed by atoms with van der Waals surface area (Å²) in [4.78, 5) is 4.73. The van der Waals surface area contributed by atoms with Gasteiger partial charge in [0.15, 0.2) is 5.96 Å². The summed E-state index contributed by atoms with van der Waals surface area (Å²) in [6.07, 6.45) is 2.46. The summed E-state index contributed by atoms with van der Waals surface area (Å²) >= 11 is 0. The third-order valence-corrected chi connectivity index (χ3v) is 5.11. The standard InChI is InChI=1S/C23H39N3O3.HI/c1-6-24-22(26-16-23(27)9-11-28-12-10-23)25-15-20-8-7-18(4)14-21(20)29-19(5)13-17(2)3;/h7-8,14,17,19,27H,6,9-13,15-16H2,1-5H3,(H2,24,25,26);1H. The van der Waals surface area contributed by atoms with Crippen molar-refractivity contribution in [3.63, 3.8) is 0 Å². The highest BCUT2D eigenvalue weighted by Crippen LogP contribution is 2.24. The zero-order valence-electron chi connectivity index (χ0n) is 19.2. The van der Waals surface area contributed by atoms with Crippen LogP contribution in [0.25, 0.3) is 0 Å². The topological polar surface area (TPSA) is 75.1 Å². The average molecular weight is 533 g/mol. The minimum atomic E-state index is -0.737. The van der Waals surface area contributed by atoms with Crippen LogP contribution in [0, 0.1) is 12.8 Å². The second-order valence-corrected chi connectivity index (χ2v) is 8.55. The van der Waals surface area contributed by atoms with E-state index in [4.69, 9.17) is 14.5 Å². The largest absolute Gasteiger partial charge is 0.490 e. The van der Waals surface area contributed by atoms with Crippen LogP contribution in [-0.2, 0) is 11.3 Å². The number of halogens is 1. The Hall–Kier alpha value is -1.06. The Morgan fingerprint density at radius 3 is 2.57 bits per heavy atom. The van der Waals surface area contributed by atoms with E-state index in [0.717, 1.165) is 24.3 Å². The fourth-order valence-electron chi connectivity index (χ4n) is 3.51. The maximum absolute atomic E-state index is 10.7. The number of nitrogens with one attached hydrogen (secondary N) is 2. The van der Waals surface area contributed by atoms with Crippen molar-refractivity contribution in [1.82, 2.24) is 10.6 Å². The third-order valence-electron chi connectivity index (χ3n) is 5.11. The second-order valence-electron chi connectivity index (χ2n) is 8.55. The highest BCUT2D eigenvalue weighted by atomic mass is 127. The first kappa shape index (κ1) is 27.0. The van der Waals surface area contributed by atoms with Crippen molar-refractivity contribution >= 4 is 29.9 Å². The van der Waals surface area contributed by atoms with E-state index >= 15 is 0 Å². The minimum Gasteiger partial charge on any atom is -0.490 e. The number of rotatable bonds is 9. The zero-order valence-corrected chi connectivity index (χ0v) is 21.5. The van der Waals surface area contributed by atoms with Crippen LogP contribution in [0.4, 0.5) is 0 Å². The summed E-state index contributed by atoms with van der Waals surface area (Å²) in [7, 11) is 0. The normalized spacial score (nSPS) is 17.2. The third kappa shape index (κ3) is 9.39. The molecule has 7 heteroatoms. The maximum Gasteiger partial charge on any atom is 0.191 e. The maximum atomic E-state index is 10.7. The van der Waals surface area contributed by atoms with Crippen LogP contribution >= 0.6 is 24.0 Å². The summed E-state index contributed by atoms with van der Waals surface area (Å²) < 4.78 is 11.6. The quantitative estimate of drug-likeness (QED) is 0.254. The summed E-state index contributed by atoms with van der Waals surface area (Å²) in [6, 6.07) is 6.27. The molecule has 0 amide bonds. The molecule has 0 saturated carbocycles. The van der Waals surface area contributed by atoms with Gasteiger partial charge in [-0.1, -0.05) is 26.0 Å². The van der Waals surface area contributed by atoms with Crippen molar-refractivity contribution < 1.29 is 14.6 Å². The van der Waals surface area contributed by atoms with Crippen LogP contribution in [0.5, 0.6) is 5.75 Å². The van der Waals surface area contributed by atoms with Crippen LogP contribution < -0.4 is 15.4 Å². The molecule has 0 spiro atoms. The van der Waals surface area contributed by atoms with Gasteiger partial charge in [0.05, 0.1) is 18.2 Å². The molecule has 0 aliphatic carbocycles. The van der Waals surface area contributed by atoms with Crippen molar-refractivity contribution in [1.29, 1.82) is 0 Å². The minimum absolute atomic E-state index is 0. The molecule has 0 bridgehead atoms. The molecule has 1 aromatic rings. The number of hydrogen-bond donors (Lipinski definition) is 3. The molecule has 1 atom stereocenters. The zero-order chi connectivity index (χ0) is 21.3. The number of aliphatic imine (C=N–C) groups is 1. The van der Waals surface area contributed by atoms with Gasteiger partial charge in [-0.3, -0.25) is 0 Å². The molecular formula is C23H40IN3O3. The van der Waals surface area contributed by atoms with E-state index in [1.165, 1.54) is 5.56 Å². The molecular weight excluding hydrogens is 493 g/mol. The van der Waals surface area contributed by atoms with E-state index in [-0.39, 0.29) is 30.1 Å².